The molecule has 3 atom stereocenters. The summed E-state index contributed by atoms with van der Waals surface area (Å²) in [7, 11) is 0. The first kappa shape index (κ1) is 26.1. The smallest absolute Gasteiger partial charge is 0.248 e. The highest BCUT2D eigenvalue weighted by molar-refractivity contribution is 5.79. The fourth-order valence-corrected chi connectivity index (χ4v) is 6.46. The van der Waals surface area contributed by atoms with E-state index in [2.05, 4.69) is 56.1 Å². The van der Waals surface area contributed by atoms with Gasteiger partial charge in [-0.15, -0.1) is 10.2 Å². The lowest BCUT2D eigenvalue weighted by Gasteiger charge is -2.43. The van der Waals surface area contributed by atoms with Crippen molar-refractivity contribution in [1.29, 1.82) is 0 Å². The third-order valence-electron chi connectivity index (χ3n) is 8.52. The van der Waals surface area contributed by atoms with E-state index in [4.69, 9.17) is 0 Å². The molecule has 3 fully saturated rings. The highest BCUT2D eigenvalue weighted by Gasteiger charge is 2.41. The molecule has 1 aromatic carbocycles. The van der Waals surface area contributed by atoms with E-state index in [9.17, 15) is 13.6 Å². The molecule has 1 N–H and O–H groups in total. The Hall–Kier alpha value is -2.55. The molecule has 2 aliphatic heterocycles. The Morgan fingerprint density at radius 1 is 1.05 bits per heavy atom. The van der Waals surface area contributed by atoms with Gasteiger partial charge < -0.3 is 10.3 Å². The lowest BCUT2D eigenvalue weighted by molar-refractivity contribution is -0.130. The zero-order valence-corrected chi connectivity index (χ0v) is 22.2. The number of hydrogen-bond acceptors (Lipinski definition) is 5. The fraction of sp³-hybridized carbons (Fsp3) is 0.679. The highest BCUT2D eigenvalue weighted by Crippen LogP contribution is 2.37. The minimum absolute atomic E-state index is 0.0820. The highest BCUT2D eigenvalue weighted by atomic mass is 19.3. The summed E-state index contributed by atoms with van der Waals surface area (Å²) in [6, 6.07) is 10.8. The van der Waals surface area contributed by atoms with Gasteiger partial charge in [0.15, 0.2) is 5.82 Å². The number of amides is 1. The number of alkyl halides is 2. The predicted molar refractivity (Wildman–Crippen MR) is 139 cm³/mol. The number of rotatable bonds is 8. The summed E-state index contributed by atoms with van der Waals surface area (Å²) in [6.45, 7) is 9.10. The lowest BCUT2D eigenvalue weighted by Crippen LogP contribution is -2.58. The number of carbonyl (C=O) groups is 1. The fourth-order valence-electron chi connectivity index (χ4n) is 6.46. The first-order chi connectivity index (χ1) is 17.7. The molecule has 1 aromatic heterocycles. The summed E-state index contributed by atoms with van der Waals surface area (Å²) >= 11 is 0. The number of carbonyl (C=O) groups excluding carboxylic acids is 1. The molecule has 37 heavy (non-hydrogen) atoms. The molecule has 7 nitrogen and oxygen atoms in total. The summed E-state index contributed by atoms with van der Waals surface area (Å²) < 4.78 is 29.5. The maximum absolute atomic E-state index is 13.6. The number of halogens is 2. The number of aromatic nitrogens is 3. The van der Waals surface area contributed by atoms with Crippen LogP contribution in [0.25, 0.3) is 0 Å². The molecule has 0 radical (unpaired) electrons. The third-order valence-corrected chi connectivity index (χ3v) is 8.52. The Bertz CT molecular complexity index is 1050. The maximum atomic E-state index is 13.6. The summed E-state index contributed by atoms with van der Waals surface area (Å²) in [5.41, 5.74) is 1.07. The van der Waals surface area contributed by atoms with E-state index in [1.165, 1.54) is 0 Å². The van der Waals surface area contributed by atoms with Crippen molar-refractivity contribution >= 4 is 5.91 Å². The molecule has 9 heteroatoms. The van der Waals surface area contributed by atoms with Crippen molar-refractivity contribution in [3.05, 3.63) is 47.5 Å². The van der Waals surface area contributed by atoms with Crippen LogP contribution in [0.15, 0.2) is 30.3 Å². The van der Waals surface area contributed by atoms with E-state index in [1.807, 2.05) is 25.1 Å². The van der Waals surface area contributed by atoms with Crippen LogP contribution in [-0.2, 0) is 4.79 Å². The topological polar surface area (TPSA) is 66.3 Å². The van der Waals surface area contributed by atoms with Crippen LogP contribution in [-0.4, -0.2) is 63.3 Å². The summed E-state index contributed by atoms with van der Waals surface area (Å²) in [5.74, 6) is -0.781. The van der Waals surface area contributed by atoms with Crippen molar-refractivity contribution in [2.45, 2.75) is 95.7 Å². The van der Waals surface area contributed by atoms with Crippen LogP contribution in [0.5, 0.6) is 0 Å². The average molecular weight is 515 g/mol. The van der Waals surface area contributed by atoms with E-state index in [0.717, 1.165) is 56.1 Å². The van der Waals surface area contributed by atoms with Crippen molar-refractivity contribution in [3.8, 4) is 0 Å². The number of fused-ring (bicyclic) bond motifs is 2. The zero-order chi connectivity index (χ0) is 26.2. The molecule has 1 amide bonds. The Kier molecular flexibility index (Phi) is 7.52. The van der Waals surface area contributed by atoms with Gasteiger partial charge in [0.2, 0.25) is 11.8 Å². The van der Waals surface area contributed by atoms with Gasteiger partial charge in [-0.3, -0.25) is 9.69 Å². The quantitative estimate of drug-likeness (QED) is 0.559. The first-order valence-corrected chi connectivity index (χ1v) is 13.9. The maximum Gasteiger partial charge on any atom is 0.248 e. The van der Waals surface area contributed by atoms with Crippen molar-refractivity contribution in [2.24, 2.45) is 5.92 Å². The van der Waals surface area contributed by atoms with Crippen molar-refractivity contribution in [2.75, 3.05) is 24.6 Å². The van der Waals surface area contributed by atoms with Gasteiger partial charge in [-0.1, -0.05) is 44.2 Å². The van der Waals surface area contributed by atoms with Gasteiger partial charge in [0.05, 0.1) is 19.1 Å². The average Bonchev–Trinajstić information content (AvgIpc) is 3.37. The normalized spacial score (nSPS) is 25.0. The number of nitrogens with zero attached hydrogens (tertiary/aromatic N) is 5. The van der Waals surface area contributed by atoms with Gasteiger partial charge >= 0.3 is 0 Å². The van der Waals surface area contributed by atoms with E-state index >= 15 is 0 Å². The van der Waals surface area contributed by atoms with Gasteiger partial charge in [0.25, 0.3) is 0 Å². The Morgan fingerprint density at radius 2 is 1.70 bits per heavy atom. The van der Waals surface area contributed by atoms with Gasteiger partial charge in [-0.25, -0.2) is 13.5 Å². The second-order valence-corrected chi connectivity index (χ2v) is 11.5. The van der Waals surface area contributed by atoms with Gasteiger partial charge in [0, 0.05) is 43.3 Å². The van der Waals surface area contributed by atoms with Crippen LogP contribution >= 0.6 is 0 Å². The van der Waals surface area contributed by atoms with Gasteiger partial charge in [-0.2, -0.15) is 0 Å². The Morgan fingerprint density at radius 3 is 2.32 bits per heavy atom. The van der Waals surface area contributed by atoms with Crippen LogP contribution < -0.4 is 10.3 Å². The molecule has 2 aromatic rings. The van der Waals surface area contributed by atoms with Crippen molar-refractivity contribution in [3.63, 3.8) is 0 Å². The number of hydrogen-bond donors (Lipinski definition) is 1. The predicted octanol–water partition coefficient (Wildman–Crippen LogP) is 4.57. The van der Waals surface area contributed by atoms with Crippen molar-refractivity contribution in [1.82, 2.24) is 25.1 Å². The molecule has 1 saturated carbocycles. The Balaban J connectivity index is 1.24. The monoisotopic (exact) mass is 514 g/mol. The third kappa shape index (κ3) is 5.66. The van der Waals surface area contributed by atoms with Crippen LogP contribution in [0.2, 0.25) is 0 Å². The molecular formula is C28H40F2N6O. The zero-order valence-electron chi connectivity index (χ0n) is 22.2. The SMILES string of the molecule is Cc1nnc(C(C)C)n1N1CC2CCC(C1)N2CCC(NC(=O)C1CCC(F)(F)CC1)c1ccccc1. The first-order valence-electron chi connectivity index (χ1n) is 13.9. The second-order valence-electron chi connectivity index (χ2n) is 11.5. The molecule has 3 unspecified atom stereocenters. The van der Waals surface area contributed by atoms with Crippen LogP contribution in [0.4, 0.5) is 8.78 Å². The minimum atomic E-state index is -2.63. The van der Waals surface area contributed by atoms with Gasteiger partial charge in [0.1, 0.15) is 5.82 Å². The van der Waals surface area contributed by atoms with E-state index < -0.39 is 5.92 Å². The standard InChI is InChI=1S/C28H40F2N6O/c1-19(2)26-33-32-20(3)36(26)34-17-23-9-10-24(18-34)35(23)16-13-25(21-7-5-4-6-8-21)31-27(37)22-11-14-28(29,30)15-12-22/h4-8,19,22-25H,9-18H2,1-3H3,(H,31,37). The van der Waals surface area contributed by atoms with Crippen LogP contribution in [0, 0.1) is 12.8 Å². The lowest BCUT2D eigenvalue weighted by atomic mass is 9.86. The molecule has 3 heterocycles. The molecule has 202 valence electrons. The van der Waals surface area contributed by atoms with Crippen molar-refractivity contribution < 1.29 is 13.6 Å². The number of aryl methyl sites for hydroxylation is 1. The van der Waals surface area contributed by atoms with E-state index in [0.29, 0.717) is 18.0 Å². The Labute approximate surface area is 218 Å². The molecule has 1 aliphatic carbocycles. The molecule has 2 bridgehead atoms. The summed E-state index contributed by atoms with van der Waals surface area (Å²) in [6.07, 6.45) is 3.25. The number of nitrogens with one attached hydrogen (secondary N) is 1. The molecule has 2 saturated heterocycles. The van der Waals surface area contributed by atoms with Gasteiger partial charge in [-0.05, 0) is 44.6 Å². The molecule has 3 aliphatic rings. The van der Waals surface area contributed by atoms with E-state index in [1.54, 1.807) is 0 Å². The number of benzene rings is 1. The molecular weight excluding hydrogens is 474 g/mol. The van der Waals surface area contributed by atoms with Crippen LogP contribution in [0.3, 0.4) is 0 Å². The largest absolute Gasteiger partial charge is 0.349 e. The molecule has 0 spiro atoms. The number of piperazine rings is 1. The summed E-state index contributed by atoms with van der Waals surface area (Å²) in [4.78, 5) is 15.7. The van der Waals surface area contributed by atoms with E-state index in [-0.39, 0.29) is 43.6 Å². The minimum Gasteiger partial charge on any atom is -0.349 e. The molecule has 5 rings (SSSR count). The second kappa shape index (κ2) is 10.7. The summed E-state index contributed by atoms with van der Waals surface area (Å²) in [5, 5.41) is 14.4. The van der Waals surface area contributed by atoms with Crippen LogP contribution in [0.1, 0.15) is 88.0 Å².